The topological polar surface area (TPSA) is 85.2 Å². The van der Waals surface area contributed by atoms with E-state index in [1.807, 2.05) is 31.4 Å². The van der Waals surface area contributed by atoms with Gasteiger partial charge in [-0.1, -0.05) is 24.8 Å². The van der Waals surface area contributed by atoms with Gasteiger partial charge in [0.2, 0.25) is 5.91 Å². The Balaban J connectivity index is 1.50. The third kappa shape index (κ3) is 4.54. The van der Waals surface area contributed by atoms with Crippen LogP contribution in [0.1, 0.15) is 45.6 Å². The highest BCUT2D eigenvalue weighted by Gasteiger charge is 2.37. The number of nitrogens with zero attached hydrogens (tertiary/aromatic N) is 4. The van der Waals surface area contributed by atoms with Gasteiger partial charge in [0.25, 0.3) is 0 Å². The molecule has 10 heteroatoms. The van der Waals surface area contributed by atoms with Crippen molar-refractivity contribution in [2.75, 3.05) is 17.3 Å². The van der Waals surface area contributed by atoms with E-state index in [1.165, 1.54) is 11.8 Å². The fraction of sp³-hybridized carbons (Fsp3) is 0.632. The van der Waals surface area contributed by atoms with E-state index in [-0.39, 0.29) is 35.2 Å². The number of sulfone groups is 1. The molecule has 0 unspecified atom stereocenters. The quantitative estimate of drug-likeness (QED) is 0.569. The molecule has 2 aromatic heterocycles. The highest BCUT2D eigenvalue weighted by Crippen LogP contribution is 2.41. The zero-order valence-corrected chi connectivity index (χ0v) is 19.1. The number of thiophene rings is 1. The lowest BCUT2D eigenvalue weighted by Gasteiger charge is -2.33. The summed E-state index contributed by atoms with van der Waals surface area (Å²) in [5, 5.41) is 11.6. The van der Waals surface area contributed by atoms with Crippen molar-refractivity contribution in [3.05, 3.63) is 17.5 Å². The number of hydrogen-bond donors (Lipinski definition) is 0. The summed E-state index contributed by atoms with van der Waals surface area (Å²) >= 11 is 3.05. The number of amides is 1. The highest BCUT2D eigenvalue weighted by atomic mass is 32.2. The van der Waals surface area contributed by atoms with Crippen LogP contribution in [-0.4, -0.2) is 63.3 Å². The summed E-state index contributed by atoms with van der Waals surface area (Å²) < 4.78 is 26.0. The van der Waals surface area contributed by atoms with Crippen molar-refractivity contribution in [2.24, 2.45) is 0 Å². The molecule has 1 saturated heterocycles. The first-order chi connectivity index (χ1) is 13.9. The molecular formula is C19H26N4O3S3. The van der Waals surface area contributed by atoms with E-state index in [0.717, 1.165) is 35.1 Å². The van der Waals surface area contributed by atoms with Gasteiger partial charge < -0.3 is 4.90 Å². The molecule has 7 nitrogen and oxygen atoms in total. The van der Waals surface area contributed by atoms with Gasteiger partial charge in [0.1, 0.15) is 0 Å². The minimum Gasteiger partial charge on any atom is -0.335 e. The van der Waals surface area contributed by atoms with E-state index >= 15 is 0 Å². The molecule has 0 N–H and O–H groups in total. The van der Waals surface area contributed by atoms with Crippen molar-refractivity contribution < 1.29 is 13.2 Å². The van der Waals surface area contributed by atoms with E-state index in [0.29, 0.717) is 12.5 Å². The first-order valence-electron chi connectivity index (χ1n) is 10.0. The molecule has 0 bridgehead atoms. The van der Waals surface area contributed by atoms with Crippen molar-refractivity contribution in [1.29, 1.82) is 0 Å². The largest absolute Gasteiger partial charge is 0.335 e. The summed E-state index contributed by atoms with van der Waals surface area (Å²) in [7, 11) is -3.04. The SMILES string of the molecule is CC[C@@H](C)N(C(=O)CSc1nnc(-c2cccs2)n1C1CC1)[C@@H]1CCS(=O)(=O)C1. The lowest BCUT2D eigenvalue weighted by molar-refractivity contribution is -0.132. The van der Waals surface area contributed by atoms with E-state index in [9.17, 15) is 13.2 Å². The van der Waals surface area contributed by atoms with E-state index in [1.54, 1.807) is 16.2 Å². The van der Waals surface area contributed by atoms with E-state index < -0.39 is 9.84 Å². The van der Waals surface area contributed by atoms with Crippen molar-refractivity contribution in [3.8, 4) is 10.7 Å². The molecule has 2 aromatic rings. The molecule has 2 aliphatic rings. The summed E-state index contributed by atoms with van der Waals surface area (Å²) in [5.41, 5.74) is 0. The van der Waals surface area contributed by atoms with Crippen LogP contribution >= 0.6 is 23.1 Å². The number of carbonyl (C=O) groups excluding carboxylic acids is 1. The number of rotatable bonds is 8. The summed E-state index contributed by atoms with van der Waals surface area (Å²) in [5.74, 6) is 1.35. The zero-order valence-electron chi connectivity index (χ0n) is 16.7. The highest BCUT2D eigenvalue weighted by molar-refractivity contribution is 7.99. The molecule has 158 valence electrons. The molecule has 1 amide bonds. The smallest absolute Gasteiger partial charge is 0.233 e. The maximum absolute atomic E-state index is 13.1. The Bertz CT molecular complexity index is 967. The Morgan fingerprint density at radius 2 is 2.17 bits per heavy atom. The average molecular weight is 455 g/mol. The van der Waals surface area contributed by atoms with Gasteiger partial charge in [0.05, 0.1) is 22.1 Å². The molecule has 1 saturated carbocycles. The van der Waals surface area contributed by atoms with Crippen LogP contribution in [0, 0.1) is 0 Å². The molecule has 2 atom stereocenters. The Kier molecular flexibility index (Phi) is 6.04. The number of aromatic nitrogens is 3. The van der Waals surface area contributed by atoms with Crippen LogP contribution < -0.4 is 0 Å². The number of hydrogen-bond acceptors (Lipinski definition) is 7. The van der Waals surface area contributed by atoms with Crippen LogP contribution in [-0.2, 0) is 14.6 Å². The minimum atomic E-state index is -3.04. The molecule has 0 spiro atoms. The molecule has 3 heterocycles. The Morgan fingerprint density at radius 3 is 2.76 bits per heavy atom. The number of thioether (sulfide) groups is 1. The van der Waals surface area contributed by atoms with Gasteiger partial charge in [-0.2, -0.15) is 0 Å². The van der Waals surface area contributed by atoms with Gasteiger partial charge in [-0.3, -0.25) is 9.36 Å². The third-order valence-electron chi connectivity index (χ3n) is 5.60. The second-order valence-corrected chi connectivity index (χ2v) is 11.9. The molecule has 0 radical (unpaired) electrons. The normalized spacial score (nSPS) is 21.9. The van der Waals surface area contributed by atoms with Crippen molar-refractivity contribution >= 4 is 38.8 Å². The van der Waals surface area contributed by atoms with Crippen LogP contribution in [0.15, 0.2) is 22.7 Å². The van der Waals surface area contributed by atoms with Crippen LogP contribution in [0.2, 0.25) is 0 Å². The zero-order chi connectivity index (χ0) is 20.6. The van der Waals surface area contributed by atoms with Crippen LogP contribution in [0.3, 0.4) is 0 Å². The van der Waals surface area contributed by atoms with E-state index in [4.69, 9.17) is 0 Å². The maximum Gasteiger partial charge on any atom is 0.233 e. The van der Waals surface area contributed by atoms with Crippen molar-refractivity contribution in [1.82, 2.24) is 19.7 Å². The van der Waals surface area contributed by atoms with Gasteiger partial charge in [-0.25, -0.2) is 8.42 Å². The summed E-state index contributed by atoms with van der Waals surface area (Å²) in [6, 6.07) is 4.25. The molecular weight excluding hydrogens is 428 g/mol. The van der Waals surface area contributed by atoms with Crippen molar-refractivity contribution in [2.45, 2.75) is 62.8 Å². The predicted molar refractivity (Wildman–Crippen MR) is 116 cm³/mol. The summed E-state index contributed by atoms with van der Waals surface area (Å²) in [6.45, 7) is 4.02. The van der Waals surface area contributed by atoms with Crippen LogP contribution in [0.25, 0.3) is 10.7 Å². The average Bonchev–Trinajstić information content (AvgIpc) is 3.08. The molecule has 2 fully saturated rings. The Morgan fingerprint density at radius 1 is 1.38 bits per heavy atom. The lowest BCUT2D eigenvalue weighted by atomic mass is 10.1. The second kappa shape index (κ2) is 8.39. The number of carbonyl (C=O) groups is 1. The lowest BCUT2D eigenvalue weighted by Crippen LogP contribution is -2.47. The summed E-state index contributed by atoms with van der Waals surface area (Å²) in [6.07, 6.45) is 3.55. The Hall–Kier alpha value is -1.39. The molecule has 29 heavy (non-hydrogen) atoms. The Labute approximate surface area is 179 Å². The van der Waals surface area contributed by atoms with Crippen LogP contribution in [0.5, 0.6) is 0 Å². The first kappa shape index (κ1) is 20.9. The van der Waals surface area contributed by atoms with Gasteiger partial charge >= 0.3 is 0 Å². The third-order valence-corrected chi connectivity index (χ3v) is 9.14. The predicted octanol–water partition coefficient (Wildman–Crippen LogP) is 3.25. The standard InChI is InChI=1S/C19H26N4O3S3/c1-3-13(2)22(15-8-10-29(25,26)12-15)17(24)11-28-19-21-20-18(16-5-4-9-27-16)23(19)14-6-7-14/h4-5,9,13-15H,3,6-8,10-12H2,1-2H3/t13-,15-/m1/s1. The fourth-order valence-electron chi connectivity index (χ4n) is 3.81. The maximum atomic E-state index is 13.1. The van der Waals surface area contributed by atoms with E-state index in [2.05, 4.69) is 14.8 Å². The fourth-order valence-corrected chi connectivity index (χ4v) is 7.10. The van der Waals surface area contributed by atoms with Crippen LogP contribution in [0.4, 0.5) is 0 Å². The van der Waals surface area contributed by atoms with Gasteiger partial charge in [-0.15, -0.1) is 21.5 Å². The van der Waals surface area contributed by atoms with Gasteiger partial charge in [0, 0.05) is 18.1 Å². The first-order valence-corrected chi connectivity index (χ1v) is 13.7. The molecule has 1 aliphatic carbocycles. The van der Waals surface area contributed by atoms with Gasteiger partial charge in [0.15, 0.2) is 20.8 Å². The van der Waals surface area contributed by atoms with Gasteiger partial charge in [-0.05, 0) is 44.1 Å². The molecule has 4 rings (SSSR count). The molecule has 1 aliphatic heterocycles. The van der Waals surface area contributed by atoms with Crippen molar-refractivity contribution in [3.63, 3.8) is 0 Å². The monoisotopic (exact) mass is 454 g/mol. The second-order valence-electron chi connectivity index (χ2n) is 7.79. The molecule has 0 aromatic carbocycles. The minimum absolute atomic E-state index is 0.0179. The summed E-state index contributed by atoms with van der Waals surface area (Å²) in [4.78, 5) is 16.0.